The molecule has 0 aliphatic heterocycles. The van der Waals surface area contributed by atoms with Crippen molar-refractivity contribution < 1.29 is 9.47 Å². The van der Waals surface area contributed by atoms with Gasteiger partial charge in [-0.2, -0.15) is 11.8 Å². The van der Waals surface area contributed by atoms with Gasteiger partial charge >= 0.3 is 0 Å². The van der Waals surface area contributed by atoms with E-state index in [-0.39, 0.29) is 6.29 Å². The Hall–Kier alpha value is 0.230. The topological polar surface area (TPSA) is 44.5 Å². The predicted octanol–water partition coefficient (Wildman–Crippen LogP) is 0.297. The highest BCUT2D eigenvalue weighted by Gasteiger charge is 2.02. The van der Waals surface area contributed by atoms with Crippen LogP contribution in [0.4, 0.5) is 0 Å². The first-order valence-corrected chi connectivity index (χ1v) is 4.34. The normalized spacial score (nSPS) is 10.8. The summed E-state index contributed by atoms with van der Waals surface area (Å²) in [5.74, 6) is 1.81. The van der Waals surface area contributed by atoms with Crippen LogP contribution in [0.5, 0.6) is 0 Å². The van der Waals surface area contributed by atoms with Crippen molar-refractivity contribution in [1.82, 2.24) is 0 Å². The third-order valence-electron chi connectivity index (χ3n) is 1.04. The monoisotopic (exact) mass is 165 g/mol. The summed E-state index contributed by atoms with van der Waals surface area (Å²) in [6.45, 7) is 0.713. The van der Waals surface area contributed by atoms with E-state index in [0.29, 0.717) is 6.54 Å². The fourth-order valence-corrected chi connectivity index (χ4v) is 1.29. The number of hydrogen-bond donors (Lipinski definition) is 1. The molecule has 0 bridgehead atoms. The minimum Gasteiger partial charge on any atom is -0.355 e. The molecule has 3 nitrogen and oxygen atoms in total. The van der Waals surface area contributed by atoms with Crippen molar-refractivity contribution >= 4 is 11.8 Å². The van der Waals surface area contributed by atoms with E-state index in [9.17, 15) is 0 Å². The zero-order chi connectivity index (χ0) is 7.82. The summed E-state index contributed by atoms with van der Waals surface area (Å²) in [6.07, 6.45) is -0.0865. The smallest absolute Gasteiger partial charge is 0.165 e. The molecule has 0 spiro atoms. The highest BCUT2D eigenvalue weighted by atomic mass is 32.2. The van der Waals surface area contributed by atoms with Gasteiger partial charge in [0.05, 0.1) is 0 Å². The lowest BCUT2D eigenvalue weighted by molar-refractivity contribution is -0.0842. The van der Waals surface area contributed by atoms with Crippen molar-refractivity contribution in [1.29, 1.82) is 0 Å². The van der Waals surface area contributed by atoms with Gasteiger partial charge in [-0.3, -0.25) is 0 Å². The average molecular weight is 165 g/mol. The van der Waals surface area contributed by atoms with E-state index in [4.69, 9.17) is 15.2 Å². The molecule has 2 N–H and O–H groups in total. The molecule has 0 aromatic heterocycles. The standard InChI is InChI=1S/C6H15NO2S/c1-8-6(9-2)5-10-4-3-7/h6H,3-5,7H2,1-2H3. The zero-order valence-corrected chi connectivity index (χ0v) is 7.32. The number of methoxy groups -OCH3 is 2. The van der Waals surface area contributed by atoms with Crippen molar-refractivity contribution in [2.45, 2.75) is 6.29 Å². The van der Waals surface area contributed by atoms with E-state index in [1.54, 1.807) is 26.0 Å². The minimum absolute atomic E-state index is 0.0865. The highest BCUT2D eigenvalue weighted by molar-refractivity contribution is 7.99. The first kappa shape index (κ1) is 10.2. The second kappa shape index (κ2) is 7.34. The van der Waals surface area contributed by atoms with Gasteiger partial charge in [-0.1, -0.05) is 0 Å². The highest BCUT2D eigenvalue weighted by Crippen LogP contribution is 2.03. The van der Waals surface area contributed by atoms with Gasteiger partial charge in [0.15, 0.2) is 6.29 Å². The Labute approximate surface area is 66.3 Å². The third kappa shape index (κ3) is 5.05. The molecule has 0 atom stereocenters. The lowest BCUT2D eigenvalue weighted by atomic mass is 10.7. The minimum atomic E-state index is -0.0865. The molecule has 4 heteroatoms. The van der Waals surface area contributed by atoms with Crippen molar-refractivity contribution in [2.75, 3.05) is 32.3 Å². The predicted molar refractivity (Wildman–Crippen MR) is 44.2 cm³/mol. The average Bonchev–Trinajstić information content (AvgIpc) is 1.99. The molecule has 0 aliphatic rings. The second-order valence-corrected chi connectivity index (χ2v) is 2.91. The molecular weight excluding hydrogens is 150 g/mol. The van der Waals surface area contributed by atoms with Crippen LogP contribution in [-0.4, -0.2) is 38.6 Å². The summed E-state index contributed by atoms with van der Waals surface area (Å²) in [5.41, 5.74) is 5.30. The maximum absolute atomic E-state index is 5.30. The van der Waals surface area contributed by atoms with Crippen LogP contribution in [-0.2, 0) is 9.47 Å². The maximum atomic E-state index is 5.30. The molecule has 0 rings (SSSR count). The lowest BCUT2D eigenvalue weighted by Gasteiger charge is -2.11. The van der Waals surface area contributed by atoms with E-state index in [1.165, 1.54) is 0 Å². The van der Waals surface area contributed by atoms with Gasteiger partial charge < -0.3 is 15.2 Å². The van der Waals surface area contributed by atoms with Gasteiger partial charge in [-0.25, -0.2) is 0 Å². The summed E-state index contributed by atoms with van der Waals surface area (Å²) in [7, 11) is 3.27. The number of ether oxygens (including phenoxy) is 2. The molecule has 0 aliphatic carbocycles. The maximum Gasteiger partial charge on any atom is 0.165 e. The van der Waals surface area contributed by atoms with Crippen LogP contribution in [0.2, 0.25) is 0 Å². The van der Waals surface area contributed by atoms with Gasteiger partial charge in [-0.05, 0) is 0 Å². The third-order valence-corrected chi connectivity index (χ3v) is 2.07. The fraction of sp³-hybridized carbons (Fsp3) is 1.00. The van der Waals surface area contributed by atoms with E-state index < -0.39 is 0 Å². The van der Waals surface area contributed by atoms with Crippen molar-refractivity contribution in [3.8, 4) is 0 Å². The molecular formula is C6H15NO2S. The lowest BCUT2D eigenvalue weighted by Crippen LogP contribution is -2.17. The molecule has 10 heavy (non-hydrogen) atoms. The zero-order valence-electron chi connectivity index (χ0n) is 6.50. The molecule has 0 saturated carbocycles. The van der Waals surface area contributed by atoms with Crippen LogP contribution in [0.15, 0.2) is 0 Å². The summed E-state index contributed by atoms with van der Waals surface area (Å²) < 4.78 is 9.92. The first-order chi connectivity index (χ1) is 4.85. The molecule has 0 fully saturated rings. The van der Waals surface area contributed by atoms with Crippen molar-refractivity contribution in [3.63, 3.8) is 0 Å². The van der Waals surface area contributed by atoms with E-state index in [1.807, 2.05) is 0 Å². The SMILES string of the molecule is COC(CSCCN)OC. The number of nitrogens with two attached hydrogens (primary N) is 1. The van der Waals surface area contributed by atoms with Crippen LogP contribution in [0.3, 0.4) is 0 Å². The van der Waals surface area contributed by atoms with Crippen LogP contribution in [0, 0.1) is 0 Å². The summed E-state index contributed by atoms with van der Waals surface area (Å²) in [4.78, 5) is 0. The molecule has 0 unspecified atom stereocenters. The molecule has 62 valence electrons. The van der Waals surface area contributed by atoms with Crippen LogP contribution < -0.4 is 5.73 Å². The molecule has 0 aromatic rings. The molecule has 0 amide bonds. The second-order valence-electron chi connectivity index (χ2n) is 1.76. The van der Waals surface area contributed by atoms with Crippen LogP contribution in [0.25, 0.3) is 0 Å². The van der Waals surface area contributed by atoms with Gasteiger partial charge in [0, 0.05) is 32.3 Å². The summed E-state index contributed by atoms with van der Waals surface area (Å²) >= 11 is 1.74. The molecule has 0 radical (unpaired) electrons. The Morgan fingerprint density at radius 2 is 2.00 bits per heavy atom. The van der Waals surface area contributed by atoms with Crippen LogP contribution in [0.1, 0.15) is 0 Å². The Kier molecular flexibility index (Phi) is 7.51. The van der Waals surface area contributed by atoms with E-state index in [0.717, 1.165) is 11.5 Å². The number of rotatable bonds is 6. The molecule has 0 saturated heterocycles. The Morgan fingerprint density at radius 1 is 1.40 bits per heavy atom. The molecule has 0 heterocycles. The quantitative estimate of drug-likeness (QED) is 0.454. The van der Waals surface area contributed by atoms with Gasteiger partial charge in [-0.15, -0.1) is 0 Å². The molecule has 0 aromatic carbocycles. The van der Waals surface area contributed by atoms with Gasteiger partial charge in [0.2, 0.25) is 0 Å². The Bertz CT molecular complexity index is 68.8. The van der Waals surface area contributed by atoms with E-state index in [2.05, 4.69) is 0 Å². The van der Waals surface area contributed by atoms with Crippen LogP contribution >= 0.6 is 11.8 Å². The number of hydrogen-bond acceptors (Lipinski definition) is 4. The fourth-order valence-electron chi connectivity index (χ4n) is 0.495. The van der Waals surface area contributed by atoms with E-state index >= 15 is 0 Å². The summed E-state index contributed by atoms with van der Waals surface area (Å²) in [6, 6.07) is 0. The first-order valence-electron chi connectivity index (χ1n) is 3.18. The van der Waals surface area contributed by atoms with Crippen molar-refractivity contribution in [3.05, 3.63) is 0 Å². The Balaban J connectivity index is 3.09. The number of thioether (sulfide) groups is 1. The Morgan fingerprint density at radius 3 is 2.40 bits per heavy atom. The van der Waals surface area contributed by atoms with Gasteiger partial charge in [0.1, 0.15) is 0 Å². The van der Waals surface area contributed by atoms with Crippen molar-refractivity contribution in [2.24, 2.45) is 5.73 Å². The summed E-state index contributed by atoms with van der Waals surface area (Å²) in [5, 5.41) is 0. The largest absolute Gasteiger partial charge is 0.355 e. The van der Waals surface area contributed by atoms with Gasteiger partial charge in [0.25, 0.3) is 0 Å².